The van der Waals surface area contributed by atoms with E-state index in [-0.39, 0.29) is 18.2 Å². The summed E-state index contributed by atoms with van der Waals surface area (Å²) in [4.78, 5) is 0. The third-order valence-electron chi connectivity index (χ3n) is 4.25. The minimum atomic E-state index is 0.0742. The Morgan fingerprint density at radius 3 is 2.05 bits per heavy atom. The molecule has 1 fully saturated rings. The zero-order valence-corrected chi connectivity index (χ0v) is 11.8. The minimum absolute atomic E-state index is 0.0742. The molecule has 0 radical (unpaired) electrons. The first-order valence-electron chi connectivity index (χ1n) is 7.26. The molecular weight excluding hydrogens is 246 g/mol. The molecule has 2 N–H and O–H groups in total. The predicted octanol–water partition coefficient (Wildman–Crippen LogP) is 3.85. The van der Waals surface area contributed by atoms with Gasteiger partial charge in [-0.25, -0.2) is 0 Å². The first kappa shape index (κ1) is 13.3. The predicted molar refractivity (Wildman–Crippen MR) is 81.2 cm³/mol. The van der Waals surface area contributed by atoms with Crippen LogP contribution in [-0.4, -0.2) is 6.04 Å². The van der Waals surface area contributed by atoms with Gasteiger partial charge in [-0.3, -0.25) is 0 Å². The fraction of sp³-hybridized carbons (Fsp3) is 0.333. The Morgan fingerprint density at radius 1 is 0.900 bits per heavy atom. The van der Waals surface area contributed by atoms with Crippen molar-refractivity contribution in [3.05, 3.63) is 71.8 Å². The molecule has 0 aromatic heterocycles. The molecule has 1 heterocycles. The molecule has 1 aliphatic rings. The van der Waals surface area contributed by atoms with Crippen LogP contribution in [0.25, 0.3) is 0 Å². The van der Waals surface area contributed by atoms with E-state index in [9.17, 15) is 0 Å². The lowest BCUT2D eigenvalue weighted by Crippen LogP contribution is -2.40. The molecule has 2 aromatic carbocycles. The van der Waals surface area contributed by atoms with Crippen molar-refractivity contribution >= 4 is 0 Å². The van der Waals surface area contributed by atoms with E-state index in [2.05, 4.69) is 55.5 Å². The van der Waals surface area contributed by atoms with E-state index in [1.807, 2.05) is 12.1 Å². The molecular formula is C18H21NO. The van der Waals surface area contributed by atoms with E-state index >= 15 is 0 Å². The Labute approximate surface area is 120 Å². The van der Waals surface area contributed by atoms with Crippen molar-refractivity contribution in [1.82, 2.24) is 0 Å². The highest BCUT2D eigenvalue weighted by Crippen LogP contribution is 2.41. The normalized spacial score (nSPS) is 30.1. The smallest absolute Gasteiger partial charge is 0.0873 e. The molecule has 4 atom stereocenters. The summed E-state index contributed by atoms with van der Waals surface area (Å²) in [5, 5.41) is 0. The van der Waals surface area contributed by atoms with Gasteiger partial charge in [0.25, 0.3) is 0 Å². The second-order valence-electron chi connectivity index (χ2n) is 5.63. The number of hydrogen-bond donors (Lipinski definition) is 1. The summed E-state index contributed by atoms with van der Waals surface area (Å²) in [5.74, 6) is 0.331. The van der Waals surface area contributed by atoms with Crippen molar-refractivity contribution in [3.8, 4) is 0 Å². The molecule has 0 amide bonds. The van der Waals surface area contributed by atoms with E-state index in [1.165, 1.54) is 11.1 Å². The lowest BCUT2D eigenvalue weighted by Gasteiger charge is -2.39. The van der Waals surface area contributed by atoms with Gasteiger partial charge in [-0.2, -0.15) is 0 Å². The topological polar surface area (TPSA) is 35.2 Å². The van der Waals surface area contributed by atoms with E-state index < -0.39 is 0 Å². The first-order chi connectivity index (χ1) is 9.75. The van der Waals surface area contributed by atoms with Gasteiger partial charge < -0.3 is 10.5 Å². The van der Waals surface area contributed by atoms with Gasteiger partial charge >= 0.3 is 0 Å². The van der Waals surface area contributed by atoms with Gasteiger partial charge in [0.05, 0.1) is 12.2 Å². The van der Waals surface area contributed by atoms with E-state index in [0.29, 0.717) is 5.92 Å². The van der Waals surface area contributed by atoms with Crippen LogP contribution in [0, 0.1) is 5.92 Å². The van der Waals surface area contributed by atoms with Crippen LogP contribution in [0.1, 0.15) is 36.7 Å². The van der Waals surface area contributed by atoms with Crippen LogP contribution in [0.4, 0.5) is 0 Å². The van der Waals surface area contributed by atoms with Crippen LogP contribution in [0.5, 0.6) is 0 Å². The zero-order chi connectivity index (χ0) is 13.9. The molecule has 2 nitrogen and oxygen atoms in total. The fourth-order valence-electron chi connectivity index (χ4n) is 2.95. The lowest BCUT2D eigenvalue weighted by atomic mass is 9.84. The maximum atomic E-state index is 6.36. The third kappa shape index (κ3) is 2.62. The molecule has 3 rings (SSSR count). The highest BCUT2D eigenvalue weighted by atomic mass is 16.5. The second kappa shape index (κ2) is 5.78. The van der Waals surface area contributed by atoms with E-state index in [0.717, 1.165) is 6.42 Å². The fourth-order valence-corrected chi connectivity index (χ4v) is 2.95. The van der Waals surface area contributed by atoms with Crippen LogP contribution in [0.3, 0.4) is 0 Å². The second-order valence-corrected chi connectivity index (χ2v) is 5.63. The van der Waals surface area contributed by atoms with Crippen molar-refractivity contribution in [1.29, 1.82) is 0 Å². The lowest BCUT2D eigenvalue weighted by molar-refractivity contribution is -0.0917. The van der Waals surface area contributed by atoms with Crippen molar-refractivity contribution in [2.24, 2.45) is 11.7 Å². The van der Waals surface area contributed by atoms with Crippen molar-refractivity contribution < 1.29 is 4.74 Å². The number of hydrogen-bond acceptors (Lipinski definition) is 2. The Kier molecular flexibility index (Phi) is 3.86. The third-order valence-corrected chi connectivity index (χ3v) is 4.25. The highest BCUT2D eigenvalue weighted by molar-refractivity contribution is 5.22. The van der Waals surface area contributed by atoms with Crippen LogP contribution >= 0.6 is 0 Å². The average molecular weight is 267 g/mol. The summed E-state index contributed by atoms with van der Waals surface area (Å²) in [5.41, 5.74) is 8.79. The minimum Gasteiger partial charge on any atom is -0.365 e. The largest absolute Gasteiger partial charge is 0.365 e. The summed E-state index contributed by atoms with van der Waals surface area (Å²) in [7, 11) is 0. The number of rotatable bonds is 2. The van der Waals surface area contributed by atoms with Gasteiger partial charge in [0.1, 0.15) is 0 Å². The van der Waals surface area contributed by atoms with Gasteiger partial charge in [-0.15, -0.1) is 0 Å². The van der Waals surface area contributed by atoms with Crippen molar-refractivity contribution in [3.63, 3.8) is 0 Å². The van der Waals surface area contributed by atoms with E-state index in [1.54, 1.807) is 0 Å². The molecule has 0 aliphatic carbocycles. The molecule has 2 aromatic rings. The molecule has 0 bridgehead atoms. The van der Waals surface area contributed by atoms with Crippen LogP contribution < -0.4 is 5.73 Å². The van der Waals surface area contributed by atoms with Crippen LogP contribution in [0.2, 0.25) is 0 Å². The number of benzene rings is 2. The molecule has 1 saturated heterocycles. The summed E-state index contributed by atoms with van der Waals surface area (Å²) in [6.07, 6.45) is 1.05. The van der Waals surface area contributed by atoms with Crippen molar-refractivity contribution in [2.45, 2.75) is 31.6 Å². The SMILES string of the molecule is C[C@@H]1[C@H](N)C[C@@H](c2ccccc2)O[C@H]1c1ccccc1. The van der Waals surface area contributed by atoms with Gasteiger partial charge in [-0.05, 0) is 17.5 Å². The maximum absolute atomic E-state index is 6.36. The molecule has 20 heavy (non-hydrogen) atoms. The molecule has 104 valence electrons. The summed E-state index contributed by atoms with van der Waals surface area (Å²) in [6.45, 7) is 2.18. The Balaban J connectivity index is 1.87. The summed E-state index contributed by atoms with van der Waals surface area (Å²) < 4.78 is 6.36. The molecule has 0 unspecified atom stereocenters. The molecule has 0 saturated carbocycles. The number of ether oxygens (including phenoxy) is 1. The monoisotopic (exact) mass is 267 g/mol. The van der Waals surface area contributed by atoms with Crippen molar-refractivity contribution in [2.75, 3.05) is 0 Å². The molecule has 1 aliphatic heterocycles. The highest BCUT2D eigenvalue weighted by Gasteiger charge is 2.35. The van der Waals surface area contributed by atoms with Gasteiger partial charge in [0, 0.05) is 12.0 Å². The van der Waals surface area contributed by atoms with E-state index in [4.69, 9.17) is 10.5 Å². The first-order valence-corrected chi connectivity index (χ1v) is 7.26. The molecule has 0 spiro atoms. The number of nitrogens with two attached hydrogens (primary N) is 1. The summed E-state index contributed by atoms with van der Waals surface area (Å²) >= 11 is 0. The van der Waals surface area contributed by atoms with Gasteiger partial charge in [-0.1, -0.05) is 67.6 Å². The van der Waals surface area contributed by atoms with Crippen LogP contribution in [-0.2, 0) is 4.74 Å². The summed E-state index contributed by atoms with van der Waals surface area (Å²) in [6, 6.07) is 21.0. The maximum Gasteiger partial charge on any atom is 0.0873 e. The zero-order valence-electron chi connectivity index (χ0n) is 11.8. The van der Waals surface area contributed by atoms with Crippen LogP contribution in [0.15, 0.2) is 60.7 Å². The Bertz CT molecular complexity index is 540. The van der Waals surface area contributed by atoms with Gasteiger partial charge in [0.2, 0.25) is 0 Å². The standard InChI is InChI=1S/C18H21NO/c1-13-16(19)12-17(14-8-4-2-5-9-14)20-18(13)15-10-6-3-7-11-15/h2-11,13,16-18H,12,19H2,1H3/t13-,16-,17+,18-/m1/s1. The average Bonchev–Trinajstić information content (AvgIpc) is 2.51. The quantitative estimate of drug-likeness (QED) is 0.897. The Hall–Kier alpha value is -1.64. The molecule has 2 heteroatoms. The Morgan fingerprint density at radius 2 is 1.45 bits per heavy atom. The van der Waals surface area contributed by atoms with Gasteiger partial charge in [0.15, 0.2) is 0 Å².